The standard InChI is InChI=1S/C28H36N2O/c1-2-3-4-5-6-7-8-9-10-14-21-31-27-19-17-25(18-20-27)28-29-22-26(23-30-28)24-15-12-11-13-16-24/h11-13,15-20,22-23H,2-10,14,21H2,1H3. The summed E-state index contributed by atoms with van der Waals surface area (Å²) in [5.74, 6) is 1.65. The van der Waals surface area contributed by atoms with Crippen LogP contribution in [-0.2, 0) is 0 Å². The van der Waals surface area contributed by atoms with Crippen molar-refractivity contribution in [2.45, 2.75) is 71.1 Å². The summed E-state index contributed by atoms with van der Waals surface area (Å²) in [5.41, 5.74) is 3.16. The van der Waals surface area contributed by atoms with Crippen LogP contribution in [0.4, 0.5) is 0 Å². The van der Waals surface area contributed by atoms with Gasteiger partial charge in [-0.25, -0.2) is 9.97 Å². The Morgan fingerprint density at radius 3 is 1.77 bits per heavy atom. The maximum Gasteiger partial charge on any atom is 0.159 e. The molecule has 1 heterocycles. The van der Waals surface area contributed by atoms with Crippen molar-refractivity contribution in [2.75, 3.05) is 6.61 Å². The SMILES string of the molecule is CCCCCCCCCCCCOc1ccc(-c2ncc(-c3ccccc3)cn2)cc1. The molecule has 0 saturated carbocycles. The minimum absolute atomic E-state index is 0.737. The van der Waals surface area contributed by atoms with E-state index in [4.69, 9.17) is 4.74 Å². The minimum atomic E-state index is 0.737. The van der Waals surface area contributed by atoms with Gasteiger partial charge < -0.3 is 4.74 Å². The van der Waals surface area contributed by atoms with E-state index in [-0.39, 0.29) is 0 Å². The fourth-order valence-corrected chi connectivity index (χ4v) is 3.74. The average Bonchev–Trinajstić information content (AvgIpc) is 2.84. The Morgan fingerprint density at radius 1 is 0.581 bits per heavy atom. The second-order valence-corrected chi connectivity index (χ2v) is 8.22. The lowest BCUT2D eigenvalue weighted by Gasteiger charge is -2.07. The molecule has 3 aromatic rings. The zero-order valence-electron chi connectivity index (χ0n) is 18.9. The molecule has 0 spiro atoms. The van der Waals surface area contributed by atoms with Gasteiger partial charge in [0.15, 0.2) is 5.82 Å². The van der Waals surface area contributed by atoms with Crippen LogP contribution in [-0.4, -0.2) is 16.6 Å². The van der Waals surface area contributed by atoms with Crippen LogP contribution in [0.25, 0.3) is 22.5 Å². The van der Waals surface area contributed by atoms with E-state index in [1.165, 1.54) is 57.8 Å². The Hall–Kier alpha value is -2.68. The number of benzene rings is 2. The molecule has 2 aromatic carbocycles. The number of hydrogen-bond acceptors (Lipinski definition) is 3. The summed E-state index contributed by atoms with van der Waals surface area (Å²) in [6, 6.07) is 18.3. The van der Waals surface area contributed by atoms with Crippen molar-refractivity contribution in [3.05, 3.63) is 67.0 Å². The van der Waals surface area contributed by atoms with Crippen LogP contribution < -0.4 is 4.74 Å². The van der Waals surface area contributed by atoms with Crippen LogP contribution in [0.5, 0.6) is 5.75 Å². The topological polar surface area (TPSA) is 35.0 Å². The van der Waals surface area contributed by atoms with Crippen LogP contribution in [0.3, 0.4) is 0 Å². The van der Waals surface area contributed by atoms with E-state index in [0.29, 0.717) is 0 Å². The van der Waals surface area contributed by atoms with Gasteiger partial charge in [0, 0.05) is 23.5 Å². The molecule has 0 amide bonds. The molecule has 0 N–H and O–H groups in total. The molecule has 0 fully saturated rings. The van der Waals surface area contributed by atoms with E-state index in [1.807, 2.05) is 54.9 Å². The lowest BCUT2D eigenvalue weighted by molar-refractivity contribution is 0.304. The molecular formula is C28H36N2O. The van der Waals surface area contributed by atoms with Gasteiger partial charge in [0.25, 0.3) is 0 Å². The maximum atomic E-state index is 5.91. The summed E-state index contributed by atoms with van der Waals surface area (Å²) in [6.45, 7) is 3.06. The lowest BCUT2D eigenvalue weighted by Crippen LogP contribution is -1.97. The van der Waals surface area contributed by atoms with E-state index in [1.54, 1.807) is 0 Å². The van der Waals surface area contributed by atoms with Crippen LogP contribution in [0, 0.1) is 0 Å². The lowest BCUT2D eigenvalue weighted by atomic mass is 10.1. The molecule has 0 aliphatic heterocycles. The first-order valence-corrected chi connectivity index (χ1v) is 12.0. The fraction of sp³-hybridized carbons (Fsp3) is 0.429. The van der Waals surface area contributed by atoms with Crippen molar-refractivity contribution in [3.8, 4) is 28.3 Å². The third-order valence-corrected chi connectivity index (χ3v) is 5.64. The van der Waals surface area contributed by atoms with E-state index in [2.05, 4.69) is 29.0 Å². The van der Waals surface area contributed by atoms with E-state index < -0.39 is 0 Å². The van der Waals surface area contributed by atoms with Gasteiger partial charge in [0.1, 0.15) is 5.75 Å². The van der Waals surface area contributed by atoms with Crippen molar-refractivity contribution in [2.24, 2.45) is 0 Å². The fourth-order valence-electron chi connectivity index (χ4n) is 3.74. The predicted octanol–water partition coefficient (Wildman–Crippen LogP) is 8.11. The molecule has 3 nitrogen and oxygen atoms in total. The maximum absolute atomic E-state index is 5.91. The molecule has 1 aromatic heterocycles. The molecular weight excluding hydrogens is 380 g/mol. The third kappa shape index (κ3) is 8.16. The highest BCUT2D eigenvalue weighted by atomic mass is 16.5. The first-order chi connectivity index (χ1) is 15.4. The smallest absolute Gasteiger partial charge is 0.159 e. The van der Waals surface area contributed by atoms with Gasteiger partial charge in [0.2, 0.25) is 0 Å². The zero-order valence-corrected chi connectivity index (χ0v) is 18.9. The molecule has 3 heteroatoms. The Morgan fingerprint density at radius 2 is 1.16 bits per heavy atom. The van der Waals surface area contributed by atoms with Crippen LogP contribution in [0.1, 0.15) is 71.1 Å². The monoisotopic (exact) mass is 416 g/mol. The predicted molar refractivity (Wildman–Crippen MR) is 130 cm³/mol. The molecule has 0 aliphatic rings. The highest BCUT2D eigenvalue weighted by Crippen LogP contribution is 2.22. The van der Waals surface area contributed by atoms with Gasteiger partial charge in [-0.2, -0.15) is 0 Å². The van der Waals surface area contributed by atoms with Crippen molar-refractivity contribution < 1.29 is 4.74 Å². The summed E-state index contributed by atoms with van der Waals surface area (Å²) < 4.78 is 5.91. The molecule has 0 atom stereocenters. The van der Waals surface area contributed by atoms with E-state index in [9.17, 15) is 0 Å². The summed E-state index contributed by atoms with van der Waals surface area (Å²) in [6.07, 6.45) is 17.2. The van der Waals surface area contributed by atoms with Gasteiger partial charge in [-0.3, -0.25) is 0 Å². The van der Waals surface area contributed by atoms with Gasteiger partial charge in [0.05, 0.1) is 6.61 Å². The minimum Gasteiger partial charge on any atom is -0.494 e. The second-order valence-electron chi connectivity index (χ2n) is 8.22. The highest BCUT2D eigenvalue weighted by molar-refractivity contribution is 5.63. The normalized spacial score (nSPS) is 10.9. The zero-order chi connectivity index (χ0) is 21.6. The Kier molecular flexibility index (Phi) is 10.1. The summed E-state index contributed by atoms with van der Waals surface area (Å²) in [4.78, 5) is 9.07. The number of rotatable bonds is 14. The number of unbranched alkanes of at least 4 members (excludes halogenated alkanes) is 9. The summed E-state index contributed by atoms with van der Waals surface area (Å²) in [7, 11) is 0. The number of hydrogen-bond donors (Lipinski definition) is 0. The van der Waals surface area contributed by atoms with Gasteiger partial charge in [-0.1, -0.05) is 95.0 Å². The van der Waals surface area contributed by atoms with Crippen molar-refractivity contribution >= 4 is 0 Å². The second kappa shape index (κ2) is 13.6. The number of aromatic nitrogens is 2. The van der Waals surface area contributed by atoms with Gasteiger partial charge >= 0.3 is 0 Å². The third-order valence-electron chi connectivity index (χ3n) is 5.64. The molecule has 31 heavy (non-hydrogen) atoms. The first kappa shape index (κ1) is 23.0. The van der Waals surface area contributed by atoms with Crippen molar-refractivity contribution in [3.63, 3.8) is 0 Å². The van der Waals surface area contributed by atoms with Gasteiger partial charge in [-0.15, -0.1) is 0 Å². The molecule has 0 radical (unpaired) electrons. The van der Waals surface area contributed by atoms with Crippen LogP contribution >= 0.6 is 0 Å². The first-order valence-electron chi connectivity index (χ1n) is 12.0. The molecule has 0 aliphatic carbocycles. The Labute approximate surface area is 187 Å². The Bertz CT molecular complexity index is 844. The van der Waals surface area contributed by atoms with Crippen molar-refractivity contribution in [1.29, 1.82) is 0 Å². The Balaban J connectivity index is 1.33. The largest absolute Gasteiger partial charge is 0.494 e. The molecule has 164 valence electrons. The molecule has 0 saturated heterocycles. The van der Waals surface area contributed by atoms with Crippen LogP contribution in [0.15, 0.2) is 67.0 Å². The number of ether oxygens (including phenoxy) is 1. The summed E-state index contributed by atoms with van der Waals surface area (Å²) in [5, 5.41) is 0. The van der Waals surface area contributed by atoms with Gasteiger partial charge in [-0.05, 0) is 36.2 Å². The molecule has 0 unspecified atom stereocenters. The number of nitrogens with zero attached hydrogens (tertiary/aromatic N) is 2. The van der Waals surface area contributed by atoms with E-state index in [0.717, 1.165) is 41.3 Å². The van der Waals surface area contributed by atoms with Crippen LogP contribution in [0.2, 0.25) is 0 Å². The summed E-state index contributed by atoms with van der Waals surface area (Å²) >= 11 is 0. The van der Waals surface area contributed by atoms with E-state index >= 15 is 0 Å². The molecule has 3 rings (SSSR count). The molecule has 0 bridgehead atoms. The average molecular weight is 417 g/mol. The van der Waals surface area contributed by atoms with Crippen molar-refractivity contribution in [1.82, 2.24) is 9.97 Å². The highest BCUT2D eigenvalue weighted by Gasteiger charge is 2.04. The quantitative estimate of drug-likeness (QED) is 0.249.